The molecule has 1 aliphatic heterocycles. The summed E-state index contributed by atoms with van der Waals surface area (Å²) in [5.74, 6) is 0.383. The van der Waals surface area contributed by atoms with Crippen molar-refractivity contribution in [3.8, 4) is 6.07 Å². The Morgan fingerprint density at radius 1 is 1.40 bits per heavy atom. The van der Waals surface area contributed by atoms with Gasteiger partial charge in [-0.3, -0.25) is 9.78 Å². The van der Waals surface area contributed by atoms with Gasteiger partial charge >= 0.3 is 0 Å². The summed E-state index contributed by atoms with van der Waals surface area (Å²) in [5.41, 5.74) is 0.739. The molecule has 2 aromatic rings. The SMILES string of the molecule is CSc1ncc(C#N)c(N2CCCC(NC(=O)c3cnccn3)C2)n1. The lowest BCUT2D eigenvalue weighted by molar-refractivity contribution is 0.0927. The topological polar surface area (TPSA) is 108 Å². The number of hydrogen-bond acceptors (Lipinski definition) is 8. The van der Waals surface area contributed by atoms with Crippen LogP contribution in [0.25, 0.3) is 0 Å². The summed E-state index contributed by atoms with van der Waals surface area (Å²) in [6.07, 6.45) is 9.67. The monoisotopic (exact) mass is 355 g/mol. The fourth-order valence-corrected chi connectivity index (χ4v) is 3.07. The summed E-state index contributed by atoms with van der Waals surface area (Å²) >= 11 is 1.43. The number of hydrogen-bond donors (Lipinski definition) is 1. The van der Waals surface area contributed by atoms with Gasteiger partial charge in [-0.25, -0.2) is 15.0 Å². The van der Waals surface area contributed by atoms with E-state index in [0.29, 0.717) is 28.8 Å². The number of carbonyl (C=O) groups is 1. The fraction of sp³-hybridized carbons (Fsp3) is 0.375. The van der Waals surface area contributed by atoms with Crippen LogP contribution in [0, 0.1) is 11.3 Å². The Bertz CT molecular complexity index is 793. The largest absolute Gasteiger partial charge is 0.353 e. The van der Waals surface area contributed by atoms with Crippen LogP contribution < -0.4 is 10.2 Å². The van der Waals surface area contributed by atoms with Crippen molar-refractivity contribution in [2.24, 2.45) is 0 Å². The van der Waals surface area contributed by atoms with E-state index in [1.807, 2.05) is 11.2 Å². The maximum absolute atomic E-state index is 12.3. The summed E-state index contributed by atoms with van der Waals surface area (Å²) in [6.45, 7) is 1.38. The predicted octanol–water partition coefficient (Wildman–Crippen LogP) is 1.26. The van der Waals surface area contributed by atoms with Crippen molar-refractivity contribution in [3.05, 3.63) is 36.0 Å². The lowest BCUT2D eigenvalue weighted by Gasteiger charge is -2.34. The molecule has 3 rings (SSSR count). The molecule has 1 atom stereocenters. The van der Waals surface area contributed by atoms with Crippen LogP contribution in [0.5, 0.6) is 0 Å². The highest BCUT2D eigenvalue weighted by molar-refractivity contribution is 7.98. The highest BCUT2D eigenvalue weighted by atomic mass is 32.2. The van der Waals surface area contributed by atoms with E-state index < -0.39 is 0 Å². The summed E-state index contributed by atoms with van der Waals surface area (Å²) in [5, 5.41) is 12.9. The van der Waals surface area contributed by atoms with Gasteiger partial charge in [-0.05, 0) is 19.1 Å². The number of rotatable bonds is 4. The van der Waals surface area contributed by atoms with Gasteiger partial charge in [-0.15, -0.1) is 0 Å². The van der Waals surface area contributed by atoms with E-state index in [1.165, 1.54) is 30.4 Å². The van der Waals surface area contributed by atoms with Crippen molar-refractivity contribution in [1.82, 2.24) is 25.3 Å². The predicted molar refractivity (Wildman–Crippen MR) is 93.3 cm³/mol. The summed E-state index contributed by atoms with van der Waals surface area (Å²) in [7, 11) is 0. The number of nitrogens with one attached hydrogen (secondary N) is 1. The summed E-state index contributed by atoms with van der Waals surface area (Å²) in [6, 6.07) is 2.10. The first-order valence-corrected chi connectivity index (χ1v) is 9.06. The van der Waals surface area contributed by atoms with Crippen LogP contribution in [-0.4, -0.2) is 51.2 Å². The van der Waals surface area contributed by atoms with Crippen molar-refractivity contribution in [3.63, 3.8) is 0 Å². The molecule has 1 fully saturated rings. The van der Waals surface area contributed by atoms with E-state index in [4.69, 9.17) is 0 Å². The van der Waals surface area contributed by atoms with Crippen molar-refractivity contribution in [2.45, 2.75) is 24.0 Å². The van der Waals surface area contributed by atoms with Crippen LogP contribution in [0.15, 0.2) is 29.9 Å². The van der Waals surface area contributed by atoms with Gasteiger partial charge in [-0.2, -0.15) is 5.26 Å². The quantitative estimate of drug-likeness (QED) is 0.645. The molecule has 128 valence electrons. The molecule has 0 spiro atoms. The van der Waals surface area contributed by atoms with Crippen LogP contribution in [0.3, 0.4) is 0 Å². The van der Waals surface area contributed by atoms with Gasteiger partial charge in [0.15, 0.2) is 11.0 Å². The Labute approximate surface area is 149 Å². The number of nitriles is 1. The van der Waals surface area contributed by atoms with Crippen LogP contribution >= 0.6 is 11.8 Å². The molecule has 1 unspecified atom stereocenters. The molecule has 25 heavy (non-hydrogen) atoms. The van der Waals surface area contributed by atoms with Crippen molar-refractivity contribution in [1.29, 1.82) is 5.26 Å². The third-order valence-corrected chi connectivity index (χ3v) is 4.46. The van der Waals surface area contributed by atoms with Crippen LogP contribution in [0.4, 0.5) is 5.82 Å². The van der Waals surface area contributed by atoms with Crippen LogP contribution in [0.2, 0.25) is 0 Å². The summed E-state index contributed by atoms with van der Waals surface area (Å²) in [4.78, 5) is 30.9. The Morgan fingerprint density at radius 3 is 3.00 bits per heavy atom. The van der Waals surface area contributed by atoms with E-state index in [2.05, 4.69) is 31.3 Å². The number of carbonyl (C=O) groups excluding carboxylic acids is 1. The maximum Gasteiger partial charge on any atom is 0.271 e. The minimum atomic E-state index is -0.243. The lowest BCUT2D eigenvalue weighted by Crippen LogP contribution is -2.48. The van der Waals surface area contributed by atoms with E-state index in [0.717, 1.165) is 19.4 Å². The smallest absolute Gasteiger partial charge is 0.271 e. The molecule has 2 aromatic heterocycles. The van der Waals surface area contributed by atoms with Crippen molar-refractivity contribution < 1.29 is 4.79 Å². The zero-order valence-corrected chi connectivity index (χ0v) is 14.5. The van der Waals surface area contributed by atoms with Gasteiger partial charge in [0.05, 0.1) is 12.4 Å². The average molecular weight is 355 g/mol. The minimum Gasteiger partial charge on any atom is -0.353 e. The number of aromatic nitrogens is 4. The molecule has 1 saturated heterocycles. The van der Waals surface area contributed by atoms with Gasteiger partial charge < -0.3 is 10.2 Å². The average Bonchev–Trinajstić information content (AvgIpc) is 2.68. The molecule has 1 amide bonds. The van der Waals surface area contributed by atoms with Crippen LogP contribution in [-0.2, 0) is 0 Å². The first kappa shape index (κ1) is 17.1. The van der Waals surface area contributed by atoms with Gasteiger partial charge in [-0.1, -0.05) is 11.8 Å². The van der Waals surface area contributed by atoms with E-state index in [1.54, 1.807) is 6.20 Å². The molecule has 0 radical (unpaired) electrons. The van der Waals surface area contributed by atoms with Gasteiger partial charge in [0.2, 0.25) is 0 Å². The second-order valence-electron chi connectivity index (χ2n) is 5.56. The molecule has 0 aliphatic carbocycles. The molecule has 0 bridgehead atoms. The molecule has 9 heteroatoms. The highest BCUT2D eigenvalue weighted by Crippen LogP contribution is 2.23. The molecule has 3 heterocycles. The van der Waals surface area contributed by atoms with Gasteiger partial charge in [0, 0.05) is 31.5 Å². The Balaban J connectivity index is 1.73. The normalized spacial score (nSPS) is 17.0. The number of thioether (sulfide) groups is 1. The molecule has 1 N–H and O–H groups in total. The Kier molecular flexibility index (Phi) is 5.40. The van der Waals surface area contributed by atoms with Gasteiger partial charge in [0.1, 0.15) is 17.3 Å². The minimum absolute atomic E-state index is 0.0394. The van der Waals surface area contributed by atoms with E-state index >= 15 is 0 Å². The lowest BCUT2D eigenvalue weighted by atomic mass is 10.0. The van der Waals surface area contributed by atoms with E-state index in [9.17, 15) is 10.1 Å². The zero-order valence-electron chi connectivity index (χ0n) is 13.7. The molecular formula is C16H17N7OS. The molecule has 0 saturated carbocycles. The second-order valence-corrected chi connectivity index (χ2v) is 6.33. The zero-order chi connectivity index (χ0) is 17.6. The third kappa shape index (κ3) is 4.03. The molecule has 8 nitrogen and oxygen atoms in total. The Morgan fingerprint density at radius 2 is 2.28 bits per heavy atom. The molecular weight excluding hydrogens is 338 g/mol. The highest BCUT2D eigenvalue weighted by Gasteiger charge is 2.25. The van der Waals surface area contributed by atoms with Gasteiger partial charge in [0.25, 0.3) is 5.91 Å². The second kappa shape index (κ2) is 7.90. The standard InChI is InChI=1S/C16H17N7OS/c1-25-16-20-8-11(7-17)14(22-16)23-6-2-3-12(10-23)21-15(24)13-9-18-4-5-19-13/h4-5,8-9,12H,2-3,6,10H2,1H3,(H,21,24). The number of amides is 1. The fourth-order valence-electron chi connectivity index (χ4n) is 2.74. The maximum atomic E-state index is 12.3. The van der Waals surface area contributed by atoms with E-state index in [-0.39, 0.29) is 11.9 Å². The molecule has 0 aromatic carbocycles. The van der Waals surface area contributed by atoms with Crippen molar-refractivity contribution in [2.75, 3.05) is 24.2 Å². The first-order chi connectivity index (χ1) is 12.2. The third-order valence-electron chi connectivity index (χ3n) is 3.90. The summed E-state index contributed by atoms with van der Waals surface area (Å²) < 4.78 is 0. The van der Waals surface area contributed by atoms with Crippen LogP contribution in [0.1, 0.15) is 28.9 Å². The Hall–Kier alpha value is -2.73. The number of anilines is 1. The number of nitrogens with zero attached hydrogens (tertiary/aromatic N) is 6. The van der Waals surface area contributed by atoms with Crippen molar-refractivity contribution >= 4 is 23.5 Å². The number of piperidine rings is 1. The first-order valence-electron chi connectivity index (χ1n) is 7.84. The molecule has 1 aliphatic rings.